The second-order valence-electron chi connectivity index (χ2n) is 6.43. The summed E-state index contributed by atoms with van der Waals surface area (Å²) in [5, 5.41) is 0. The fourth-order valence-corrected chi connectivity index (χ4v) is 3.83. The van der Waals surface area contributed by atoms with E-state index in [0.717, 1.165) is 12.2 Å². The SMILES string of the molecule is C[C@H]1[C@@H](c2ccccc2)c2ccccc2CN1c1ccc(F)cc1. The molecule has 3 aromatic rings. The maximum atomic E-state index is 13.3. The molecule has 0 unspecified atom stereocenters. The Hall–Kier alpha value is -2.61. The molecule has 0 N–H and O–H groups in total. The third-order valence-corrected chi connectivity index (χ3v) is 5.02. The minimum absolute atomic E-state index is 0.191. The van der Waals surface area contributed by atoms with Crippen LogP contribution >= 0.6 is 0 Å². The van der Waals surface area contributed by atoms with Crippen LogP contribution in [0.25, 0.3) is 0 Å². The number of hydrogen-bond acceptors (Lipinski definition) is 1. The van der Waals surface area contributed by atoms with Crippen molar-refractivity contribution in [3.8, 4) is 0 Å². The van der Waals surface area contributed by atoms with Crippen molar-refractivity contribution in [3.63, 3.8) is 0 Å². The van der Waals surface area contributed by atoms with E-state index in [2.05, 4.69) is 66.4 Å². The maximum absolute atomic E-state index is 13.3. The predicted octanol–water partition coefficient (Wildman–Crippen LogP) is 5.37. The molecule has 1 aliphatic rings. The summed E-state index contributed by atoms with van der Waals surface area (Å²) in [6.45, 7) is 3.11. The highest BCUT2D eigenvalue weighted by molar-refractivity contribution is 5.54. The average molecular weight is 317 g/mol. The molecule has 0 spiro atoms. The number of anilines is 1. The Bertz CT molecular complexity index is 826. The van der Waals surface area contributed by atoms with E-state index in [1.165, 1.54) is 16.7 Å². The summed E-state index contributed by atoms with van der Waals surface area (Å²) >= 11 is 0. The zero-order valence-corrected chi connectivity index (χ0v) is 13.7. The Balaban J connectivity index is 1.82. The van der Waals surface area contributed by atoms with Gasteiger partial charge >= 0.3 is 0 Å². The lowest BCUT2D eigenvalue weighted by molar-refractivity contribution is 0.535. The van der Waals surface area contributed by atoms with E-state index >= 15 is 0 Å². The Morgan fingerprint density at radius 2 is 1.50 bits per heavy atom. The van der Waals surface area contributed by atoms with Gasteiger partial charge in [-0.2, -0.15) is 0 Å². The van der Waals surface area contributed by atoms with Crippen LogP contribution in [0.5, 0.6) is 0 Å². The third-order valence-electron chi connectivity index (χ3n) is 5.02. The van der Waals surface area contributed by atoms with Crippen molar-refractivity contribution in [2.24, 2.45) is 0 Å². The molecule has 24 heavy (non-hydrogen) atoms. The summed E-state index contributed by atoms with van der Waals surface area (Å²) < 4.78 is 13.3. The monoisotopic (exact) mass is 317 g/mol. The van der Waals surface area contributed by atoms with Crippen molar-refractivity contribution in [1.29, 1.82) is 0 Å². The standard InChI is InChI=1S/C22H20FN/c1-16-22(17-7-3-2-4-8-17)21-10-6-5-9-18(21)15-24(16)20-13-11-19(23)12-14-20/h2-14,16,22H,15H2,1H3/t16-,22-/m0/s1. The van der Waals surface area contributed by atoms with Crippen LogP contribution in [0, 0.1) is 5.82 Å². The van der Waals surface area contributed by atoms with Crippen molar-refractivity contribution in [2.45, 2.75) is 25.4 Å². The van der Waals surface area contributed by atoms with Gasteiger partial charge in [0, 0.05) is 24.2 Å². The lowest BCUT2D eigenvalue weighted by Crippen LogP contribution is -2.42. The van der Waals surface area contributed by atoms with Gasteiger partial charge in [0.15, 0.2) is 0 Å². The van der Waals surface area contributed by atoms with E-state index in [1.54, 1.807) is 12.1 Å². The molecule has 1 aliphatic heterocycles. The number of halogens is 1. The average Bonchev–Trinajstić information content (AvgIpc) is 2.63. The lowest BCUT2D eigenvalue weighted by Gasteiger charge is -2.42. The van der Waals surface area contributed by atoms with E-state index in [-0.39, 0.29) is 5.82 Å². The second kappa shape index (κ2) is 6.12. The second-order valence-corrected chi connectivity index (χ2v) is 6.43. The van der Waals surface area contributed by atoms with Crippen LogP contribution in [0.15, 0.2) is 78.9 Å². The molecule has 0 fully saturated rings. The molecule has 1 heterocycles. The molecule has 120 valence electrons. The van der Waals surface area contributed by atoms with Crippen LogP contribution in [0.4, 0.5) is 10.1 Å². The molecule has 0 amide bonds. The number of benzene rings is 3. The van der Waals surface area contributed by atoms with Gasteiger partial charge in [-0.15, -0.1) is 0 Å². The van der Waals surface area contributed by atoms with Gasteiger partial charge in [0.25, 0.3) is 0 Å². The molecule has 2 heteroatoms. The van der Waals surface area contributed by atoms with Crippen molar-refractivity contribution >= 4 is 5.69 Å². The van der Waals surface area contributed by atoms with Crippen LogP contribution in [-0.2, 0) is 6.54 Å². The zero-order chi connectivity index (χ0) is 16.5. The first-order valence-corrected chi connectivity index (χ1v) is 8.39. The fraction of sp³-hybridized carbons (Fsp3) is 0.182. The normalized spacial score (nSPS) is 19.8. The summed E-state index contributed by atoms with van der Waals surface area (Å²) in [5.74, 6) is 0.115. The number of nitrogens with zero attached hydrogens (tertiary/aromatic N) is 1. The molecule has 4 rings (SSSR count). The highest BCUT2D eigenvalue weighted by Crippen LogP contribution is 2.39. The van der Waals surface area contributed by atoms with Crippen LogP contribution < -0.4 is 4.90 Å². The number of hydrogen-bond donors (Lipinski definition) is 0. The Kier molecular flexibility index (Phi) is 3.81. The summed E-state index contributed by atoms with van der Waals surface area (Å²) in [6, 6.07) is 26.5. The van der Waals surface area contributed by atoms with E-state index < -0.39 is 0 Å². The summed E-state index contributed by atoms with van der Waals surface area (Å²) in [5.41, 5.74) is 5.13. The van der Waals surface area contributed by atoms with Gasteiger partial charge in [-0.3, -0.25) is 0 Å². The van der Waals surface area contributed by atoms with Crippen molar-refractivity contribution < 1.29 is 4.39 Å². The van der Waals surface area contributed by atoms with Gasteiger partial charge in [-0.05, 0) is 47.9 Å². The summed E-state index contributed by atoms with van der Waals surface area (Å²) in [4.78, 5) is 2.37. The molecule has 3 aromatic carbocycles. The molecule has 0 aliphatic carbocycles. The van der Waals surface area contributed by atoms with Crippen LogP contribution in [-0.4, -0.2) is 6.04 Å². The molecular weight excluding hydrogens is 297 g/mol. The first kappa shape index (κ1) is 14.9. The molecule has 0 radical (unpaired) electrons. The van der Waals surface area contributed by atoms with E-state index in [9.17, 15) is 4.39 Å². The van der Waals surface area contributed by atoms with Gasteiger partial charge in [-0.1, -0.05) is 54.6 Å². The van der Waals surface area contributed by atoms with Crippen molar-refractivity contribution in [1.82, 2.24) is 0 Å². The fourth-order valence-electron chi connectivity index (χ4n) is 3.83. The van der Waals surface area contributed by atoms with Crippen LogP contribution in [0.1, 0.15) is 29.5 Å². The number of fused-ring (bicyclic) bond motifs is 1. The Morgan fingerprint density at radius 3 is 2.25 bits per heavy atom. The smallest absolute Gasteiger partial charge is 0.123 e. The molecule has 0 saturated heterocycles. The molecular formula is C22H20FN. The minimum Gasteiger partial charge on any atom is -0.364 e. The summed E-state index contributed by atoms with van der Waals surface area (Å²) in [6.07, 6.45) is 0. The van der Waals surface area contributed by atoms with Crippen molar-refractivity contribution in [2.75, 3.05) is 4.90 Å². The topological polar surface area (TPSA) is 3.24 Å². The first-order chi connectivity index (χ1) is 11.7. The zero-order valence-electron chi connectivity index (χ0n) is 13.7. The molecule has 1 nitrogen and oxygen atoms in total. The lowest BCUT2D eigenvalue weighted by atomic mass is 9.79. The molecule has 0 saturated carbocycles. The number of rotatable bonds is 2. The van der Waals surface area contributed by atoms with Crippen molar-refractivity contribution in [3.05, 3.63) is 101 Å². The van der Waals surface area contributed by atoms with Gasteiger partial charge < -0.3 is 4.90 Å². The van der Waals surface area contributed by atoms with Gasteiger partial charge in [-0.25, -0.2) is 4.39 Å². The quantitative estimate of drug-likeness (QED) is 0.614. The highest BCUT2D eigenvalue weighted by atomic mass is 19.1. The van der Waals surface area contributed by atoms with Gasteiger partial charge in [0.2, 0.25) is 0 Å². The van der Waals surface area contributed by atoms with Crippen LogP contribution in [0.3, 0.4) is 0 Å². The molecule has 2 atom stereocenters. The highest BCUT2D eigenvalue weighted by Gasteiger charge is 2.33. The molecule has 0 aromatic heterocycles. The Labute approximate surface area is 142 Å². The largest absolute Gasteiger partial charge is 0.364 e. The van der Waals surface area contributed by atoms with E-state index in [1.807, 2.05) is 12.1 Å². The van der Waals surface area contributed by atoms with E-state index in [4.69, 9.17) is 0 Å². The van der Waals surface area contributed by atoms with Gasteiger partial charge in [0.05, 0.1) is 0 Å². The van der Waals surface area contributed by atoms with Crippen LogP contribution in [0.2, 0.25) is 0 Å². The third kappa shape index (κ3) is 2.58. The van der Waals surface area contributed by atoms with Gasteiger partial charge in [0.1, 0.15) is 5.82 Å². The molecule has 0 bridgehead atoms. The first-order valence-electron chi connectivity index (χ1n) is 8.39. The Morgan fingerprint density at radius 1 is 0.833 bits per heavy atom. The van der Waals surface area contributed by atoms with E-state index in [0.29, 0.717) is 12.0 Å². The predicted molar refractivity (Wildman–Crippen MR) is 96.8 cm³/mol. The summed E-state index contributed by atoms with van der Waals surface area (Å²) in [7, 11) is 0. The maximum Gasteiger partial charge on any atom is 0.123 e. The minimum atomic E-state index is -0.191.